The first-order valence-electron chi connectivity index (χ1n) is 6.57. The van der Waals surface area contributed by atoms with Gasteiger partial charge in [0.1, 0.15) is 5.75 Å². The Bertz CT molecular complexity index is 455. The predicted molar refractivity (Wildman–Crippen MR) is 80.3 cm³/mol. The molecule has 2 rings (SSSR count). The van der Waals surface area contributed by atoms with Gasteiger partial charge in [-0.25, -0.2) is 0 Å². The minimum Gasteiger partial charge on any atom is -0.508 e. The number of morpholine rings is 1. The Balaban J connectivity index is 2.16. The van der Waals surface area contributed by atoms with Crippen molar-refractivity contribution in [1.82, 2.24) is 4.90 Å². The van der Waals surface area contributed by atoms with Gasteiger partial charge in [0.25, 0.3) is 0 Å². The molecule has 1 aromatic rings. The summed E-state index contributed by atoms with van der Waals surface area (Å²) >= 11 is 3.55. The minimum atomic E-state index is -0.148. The molecule has 0 aliphatic carbocycles. The molecule has 1 aliphatic rings. The Morgan fingerprint density at radius 2 is 1.79 bits per heavy atom. The lowest BCUT2D eigenvalue weighted by Crippen LogP contribution is -2.56. The van der Waals surface area contributed by atoms with Gasteiger partial charge >= 0.3 is 0 Å². The number of phenolic OH excluding ortho intramolecular Hbond substituents is 1. The zero-order valence-electron chi connectivity index (χ0n) is 12.0. The first-order chi connectivity index (χ1) is 8.67. The molecular weight excluding hydrogens is 306 g/mol. The lowest BCUT2D eigenvalue weighted by molar-refractivity contribution is -0.182. The predicted octanol–water partition coefficient (Wildman–Crippen LogP) is 3.54. The van der Waals surface area contributed by atoms with Crippen LogP contribution in [0.2, 0.25) is 0 Å². The van der Waals surface area contributed by atoms with Crippen LogP contribution in [0.5, 0.6) is 5.75 Å². The topological polar surface area (TPSA) is 32.7 Å². The van der Waals surface area contributed by atoms with Crippen molar-refractivity contribution < 1.29 is 9.84 Å². The normalized spacial score (nSPS) is 22.4. The number of nitrogens with zero attached hydrogens (tertiary/aromatic N) is 1. The summed E-state index contributed by atoms with van der Waals surface area (Å²) in [6.45, 7) is 11.1. The van der Waals surface area contributed by atoms with Crippen LogP contribution in [0.4, 0.5) is 0 Å². The number of benzene rings is 1. The molecule has 0 saturated carbocycles. The summed E-state index contributed by atoms with van der Waals surface area (Å²) in [4.78, 5) is 2.38. The molecule has 3 nitrogen and oxygen atoms in total. The summed E-state index contributed by atoms with van der Waals surface area (Å²) < 4.78 is 7.11. The second-order valence-electron chi connectivity index (χ2n) is 6.54. The molecule has 1 aliphatic heterocycles. The third-order valence-electron chi connectivity index (χ3n) is 3.18. The van der Waals surface area contributed by atoms with E-state index < -0.39 is 0 Å². The van der Waals surface area contributed by atoms with Gasteiger partial charge in [0.15, 0.2) is 0 Å². The van der Waals surface area contributed by atoms with Gasteiger partial charge in [0.2, 0.25) is 0 Å². The van der Waals surface area contributed by atoms with Crippen LogP contribution in [0, 0.1) is 0 Å². The van der Waals surface area contributed by atoms with Gasteiger partial charge in [-0.1, -0.05) is 15.9 Å². The van der Waals surface area contributed by atoms with Crippen molar-refractivity contribution in [2.24, 2.45) is 0 Å². The molecule has 0 spiro atoms. The molecule has 1 aromatic carbocycles. The van der Waals surface area contributed by atoms with Crippen LogP contribution in [-0.4, -0.2) is 34.3 Å². The summed E-state index contributed by atoms with van der Waals surface area (Å²) in [7, 11) is 0. The monoisotopic (exact) mass is 327 g/mol. The second kappa shape index (κ2) is 5.08. The fourth-order valence-electron chi connectivity index (χ4n) is 2.98. The van der Waals surface area contributed by atoms with E-state index in [9.17, 15) is 5.11 Å². The molecule has 0 unspecified atom stereocenters. The van der Waals surface area contributed by atoms with Crippen LogP contribution >= 0.6 is 15.9 Å². The highest BCUT2D eigenvalue weighted by Crippen LogP contribution is 2.30. The van der Waals surface area contributed by atoms with Crippen molar-refractivity contribution in [3.8, 4) is 5.75 Å². The molecule has 1 fully saturated rings. The van der Waals surface area contributed by atoms with Gasteiger partial charge in [0, 0.05) is 24.1 Å². The van der Waals surface area contributed by atoms with Crippen molar-refractivity contribution in [3.05, 3.63) is 28.2 Å². The third-order valence-corrected chi connectivity index (χ3v) is 3.96. The average molecular weight is 328 g/mol. The number of phenols is 1. The van der Waals surface area contributed by atoms with E-state index in [-0.39, 0.29) is 11.2 Å². The molecule has 1 heterocycles. The van der Waals surface area contributed by atoms with E-state index in [0.717, 1.165) is 29.7 Å². The van der Waals surface area contributed by atoms with Crippen LogP contribution < -0.4 is 0 Å². The Morgan fingerprint density at radius 1 is 1.21 bits per heavy atom. The summed E-state index contributed by atoms with van der Waals surface area (Å²) in [5.41, 5.74) is 0.810. The molecule has 106 valence electrons. The number of rotatable bonds is 2. The van der Waals surface area contributed by atoms with E-state index >= 15 is 0 Å². The SMILES string of the molecule is CC1(C)CN(Cc2cc(O)ccc2Br)CC(C)(C)O1. The van der Waals surface area contributed by atoms with E-state index in [0.29, 0.717) is 5.75 Å². The van der Waals surface area contributed by atoms with Crippen molar-refractivity contribution in [1.29, 1.82) is 0 Å². The molecule has 0 atom stereocenters. The quantitative estimate of drug-likeness (QED) is 0.901. The standard InChI is InChI=1S/C15H22BrNO2/c1-14(2)9-17(10-15(3,4)19-14)8-11-7-12(18)5-6-13(11)16/h5-7,18H,8-10H2,1-4H3. The van der Waals surface area contributed by atoms with Gasteiger partial charge in [-0.3, -0.25) is 4.90 Å². The van der Waals surface area contributed by atoms with Gasteiger partial charge in [-0.2, -0.15) is 0 Å². The first kappa shape index (κ1) is 14.8. The smallest absolute Gasteiger partial charge is 0.115 e. The third kappa shape index (κ3) is 3.94. The number of hydrogen-bond acceptors (Lipinski definition) is 3. The van der Waals surface area contributed by atoms with E-state index in [2.05, 4.69) is 48.5 Å². The maximum absolute atomic E-state index is 9.61. The van der Waals surface area contributed by atoms with E-state index in [1.165, 1.54) is 0 Å². The zero-order valence-corrected chi connectivity index (χ0v) is 13.6. The van der Waals surface area contributed by atoms with Crippen LogP contribution in [0.1, 0.15) is 33.3 Å². The Morgan fingerprint density at radius 3 is 2.37 bits per heavy atom. The lowest BCUT2D eigenvalue weighted by atomic mass is 9.98. The van der Waals surface area contributed by atoms with Gasteiger partial charge in [-0.15, -0.1) is 0 Å². The minimum absolute atomic E-state index is 0.148. The molecule has 0 radical (unpaired) electrons. The van der Waals surface area contributed by atoms with Crippen molar-refractivity contribution in [2.75, 3.05) is 13.1 Å². The lowest BCUT2D eigenvalue weighted by Gasteiger charge is -2.47. The maximum atomic E-state index is 9.61. The van der Waals surface area contributed by atoms with Crippen molar-refractivity contribution >= 4 is 15.9 Å². The Hall–Kier alpha value is -0.580. The number of ether oxygens (including phenoxy) is 1. The molecular formula is C15H22BrNO2. The summed E-state index contributed by atoms with van der Waals surface area (Å²) in [5, 5.41) is 9.61. The van der Waals surface area contributed by atoms with Gasteiger partial charge in [-0.05, 0) is 51.5 Å². The molecule has 1 saturated heterocycles. The number of halogens is 1. The molecule has 0 bridgehead atoms. The summed E-state index contributed by atoms with van der Waals surface area (Å²) in [6.07, 6.45) is 0. The van der Waals surface area contributed by atoms with Crippen molar-refractivity contribution in [2.45, 2.75) is 45.4 Å². The Kier molecular flexibility index (Phi) is 3.96. The number of aromatic hydroxyl groups is 1. The van der Waals surface area contributed by atoms with E-state index in [1.807, 2.05) is 12.1 Å². The average Bonchev–Trinajstić information content (AvgIpc) is 2.18. The zero-order chi connectivity index (χ0) is 14.3. The number of hydrogen-bond donors (Lipinski definition) is 1. The molecule has 0 amide bonds. The highest BCUT2D eigenvalue weighted by atomic mass is 79.9. The molecule has 0 aromatic heterocycles. The largest absolute Gasteiger partial charge is 0.508 e. The highest BCUT2D eigenvalue weighted by Gasteiger charge is 2.38. The fourth-order valence-corrected chi connectivity index (χ4v) is 3.35. The van der Waals surface area contributed by atoms with Crippen LogP contribution in [-0.2, 0) is 11.3 Å². The van der Waals surface area contributed by atoms with Gasteiger partial charge in [0.05, 0.1) is 11.2 Å². The van der Waals surface area contributed by atoms with E-state index in [1.54, 1.807) is 6.07 Å². The van der Waals surface area contributed by atoms with Crippen LogP contribution in [0.25, 0.3) is 0 Å². The summed E-state index contributed by atoms with van der Waals surface area (Å²) in [6, 6.07) is 5.40. The first-order valence-corrected chi connectivity index (χ1v) is 7.36. The molecule has 4 heteroatoms. The molecule has 19 heavy (non-hydrogen) atoms. The Labute approximate surface area is 123 Å². The highest BCUT2D eigenvalue weighted by molar-refractivity contribution is 9.10. The molecule has 1 N–H and O–H groups in total. The van der Waals surface area contributed by atoms with Crippen LogP contribution in [0.15, 0.2) is 22.7 Å². The summed E-state index contributed by atoms with van der Waals surface area (Å²) in [5.74, 6) is 0.310. The fraction of sp³-hybridized carbons (Fsp3) is 0.600. The van der Waals surface area contributed by atoms with Crippen LogP contribution in [0.3, 0.4) is 0 Å². The second-order valence-corrected chi connectivity index (χ2v) is 7.40. The maximum Gasteiger partial charge on any atom is 0.115 e. The van der Waals surface area contributed by atoms with Gasteiger partial charge < -0.3 is 9.84 Å². The van der Waals surface area contributed by atoms with Crippen molar-refractivity contribution in [3.63, 3.8) is 0 Å². The van der Waals surface area contributed by atoms with E-state index in [4.69, 9.17) is 4.74 Å².